The Balaban J connectivity index is 2.44. The lowest BCUT2D eigenvalue weighted by molar-refractivity contribution is 0.0852. The number of ether oxygens (including phenoxy) is 1. The second-order valence-electron chi connectivity index (χ2n) is 2.56. The second-order valence-corrected chi connectivity index (χ2v) is 2.56. The lowest BCUT2D eigenvalue weighted by Crippen LogP contribution is -2.37. The molecule has 0 bridgehead atoms. The van der Waals surface area contributed by atoms with Crippen molar-refractivity contribution in [2.75, 3.05) is 13.7 Å². The summed E-state index contributed by atoms with van der Waals surface area (Å²) in [4.78, 5) is 0. The van der Waals surface area contributed by atoms with Crippen molar-refractivity contribution in [2.45, 2.75) is 25.1 Å². The van der Waals surface area contributed by atoms with Gasteiger partial charge < -0.3 is 15.8 Å². The Kier molecular flexibility index (Phi) is 2.05. The molecule has 0 amide bonds. The molecule has 3 heteroatoms. The Morgan fingerprint density at radius 2 is 2.33 bits per heavy atom. The fraction of sp³-hybridized carbons (Fsp3) is 1.00. The average Bonchev–Trinajstić information content (AvgIpc) is 2.12. The van der Waals surface area contributed by atoms with Crippen molar-refractivity contribution >= 4 is 0 Å². The summed E-state index contributed by atoms with van der Waals surface area (Å²) in [7, 11) is 1.70. The Bertz CT molecular complexity index is 87.1. The van der Waals surface area contributed by atoms with Crippen LogP contribution in [0.4, 0.5) is 0 Å². The molecule has 9 heavy (non-hydrogen) atoms. The summed E-state index contributed by atoms with van der Waals surface area (Å²) in [5, 5.41) is 3.22. The van der Waals surface area contributed by atoms with Crippen molar-refractivity contribution in [3.05, 3.63) is 0 Å². The number of nitrogens with one attached hydrogen (secondary N) is 1. The van der Waals surface area contributed by atoms with Crippen LogP contribution < -0.4 is 11.1 Å². The molecule has 1 aliphatic heterocycles. The number of nitrogens with two attached hydrogens (primary N) is 1. The molecule has 1 fully saturated rings. The highest BCUT2D eigenvalue weighted by Gasteiger charge is 2.29. The zero-order chi connectivity index (χ0) is 6.85. The van der Waals surface area contributed by atoms with Gasteiger partial charge in [-0.3, -0.25) is 0 Å². The van der Waals surface area contributed by atoms with Gasteiger partial charge in [0, 0.05) is 25.7 Å². The van der Waals surface area contributed by atoms with Gasteiger partial charge in [0.05, 0.1) is 6.10 Å². The normalized spacial score (nSPS) is 43.7. The third kappa shape index (κ3) is 1.23. The van der Waals surface area contributed by atoms with Gasteiger partial charge >= 0.3 is 0 Å². The SMILES string of the molecule is COC1C(N)CNC1C. The third-order valence-corrected chi connectivity index (χ3v) is 1.86. The van der Waals surface area contributed by atoms with E-state index in [2.05, 4.69) is 12.2 Å². The van der Waals surface area contributed by atoms with Crippen LogP contribution in [0.1, 0.15) is 6.92 Å². The molecule has 3 atom stereocenters. The standard InChI is InChI=1S/C6H14N2O/c1-4-6(9-2)5(7)3-8-4/h4-6,8H,3,7H2,1-2H3. The van der Waals surface area contributed by atoms with Gasteiger partial charge in [-0.15, -0.1) is 0 Å². The molecule has 0 aromatic heterocycles. The van der Waals surface area contributed by atoms with Crippen molar-refractivity contribution in [3.8, 4) is 0 Å². The minimum absolute atomic E-state index is 0.171. The van der Waals surface area contributed by atoms with Gasteiger partial charge in [0.25, 0.3) is 0 Å². The molecule has 0 radical (unpaired) electrons. The van der Waals surface area contributed by atoms with E-state index in [9.17, 15) is 0 Å². The van der Waals surface area contributed by atoms with Crippen LogP contribution in [0.3, 0.4) is 0 Å². The van der Waals surface area contributed by atoms with Crippen LogP contribution in [0.5, 0.6) is 0 Å². The minimum atomic E-state index is 0.171. The summed E-state index contributed by atoms with van der Waals surface area (Å²) < 4.78 is 5.15. The van der Waals surface area contributed by atoms with Crippen molar-refractivity contribution in [2.24, 2.45) is 5.73 Å². The van der Waals surface area contributed by atoms with Gasteiger partial charge in [-0.2, -0.15) is 0 Å². The molecular weight excluding hydrogens is 116 g/mol. The second kappa shape index (κ2) is 2.64. The largest absolute Gasteiger partial charge is 0.378 e. The van der Waals surface area contributed by atoms with Crippen LogP contribution in [0, 0.1) is 0 Å². The first-order valence-electron chi connectivity index (χ1n) is 3.27. The molecule has 0 spiro atoms. The Labute approximate surface area is 55.6 Å². The Morgan fingerprint density at radius 3 is 2.56 bits per heavy atom. The van der Waals surface area contributed by atoms with Gasteiger partial charge in [-0.1, -0.05) is 0 Å². The zero-order valence-corrected chi connectivity index (χ0v) is 5.92. The van der Waals surface area contributed by atoms with Crippen LogP contribution in [0.25, 0.3) is 0 Å². The highest BCUT2D eigenvalue weighted by Crippen LogP contribution is 2.07. The van der Waals surface area contributed by atoms with Crippen molar-refractivity contribution in [3.63, 3.8) is 0 Å². The maximum atomic E-state index is 5.69. The van der Waals surface area contributed by atoms with E-state index in [-0.39, 0.29) is 12.1 Å². The Hall–Kier alpha value is -0.120. The van der Waals surface area contributed by atoms with Crippen LogP contribution in [0.15, 0.2) is 0 Å². The highest BCUT2D eigenvalue weighted by molar-refractivity contribution is 4.91. The summed E-state index contributed by atoms with van der Waals surface area (Å²) in [5.41, 5.74) is 5.69. The first-order valence-corrected chi connectivity index (χ1v) is 3.27. The van der Waals surface area contributed by atoms with E-state index < -0.39 is 0 Å². The maximum Gasteiger partial charge on any atom is 0.0884 e. The molecular formula is C6H14N2O. The predicted molar refractivity (Wildman–Crippen MR) is 36.2 cm³/mol. The highest BCUT2D eigenvalue weighted by atomic mass is 16.5. The van der Waals surface area contributed by atoms with E-state index in [1.165, 1.54) is 0 Å². The number of hydrogen-bond donors (Lipinski definition) is 2. The molecule has 3 unspecified atom stereocenters. The molecule has 54 valence electrons. The van der Waals surface area contributed by atoms with E-state index in [1.807, 2.05) is 0 Å². The number of rotatable bonds is 1. The van der Waals surface area contributed by atoms with E-state index in [0.29, 0.717) is 6.04 Å². The predicted octanol–water partition coefficient (Wildman–Crippen LogP) is -0.680. The first kappa shape index (κ1) is 6.99. The quantitative estimate of drug-likeness (QED) is 0.494. The van der Waals surface area contributed by atoms with E-state index in [0.717, 1.165) is 6.54 Å². The van der Waals surface area contributed by atoms with E-state index in [4.69, 9.17) is 10.5 Å². The summed E-state index contributed by atoms with van der Waals surface area (Å²) in [6.45, 7) is 2.96. The van der Waals surface area contributed by atoms with Gasteiger partial charge in [0.15, 0.2) is 0 Å². The third-order valence-electron chi connectivity index (χ3n) is 1.86. The zero-order valence-electron chi connectivity index (χ0n) is 5.92. The van der Waals surface area contributed by atoms with Gasteiger partial charge in [0.2, 0.25) is 0 Å². The van der Waals surface area contributed by atoms with Crippen molar-refractivity contribution < 1.29 is 4.74 Å². The van der Waals surface area contributed by atoms with E-state index >= 15 is 0 Å². The summed E-state index contributed by atoms with van der Waals surface area (Å²) >= 11 is 0. The molecule has 1 rings (SSSR count). The van der Waals surface area contributed by atoms with E-state index in [1.54, 1.807) is 7.11 Å². The summed E-state index contributed by atoms with van der Waals surface area (Å²) in [6.07, 6.45) is 0.199. The van der Waals surface area contributed by atoms with Gasteiger partial charge in [-0.05, 0) is 6.92 Å². The monoisotopic (exact) mass is 130 g/mol. The van der Waals surface area contributed by atoms with Crippen LogP contribution >= 0.6 is 0 Å². The molecule has 0 aromatic rings. The smallest absolute Gasteiger partial charge is 0.0884 e. The summed E-state index contributed by atoms with van der Waals surface area (Å²) in [5.74, 6) is 0. The van der Waals surface area contributed by atoms with Crippen LogP contribution in [0.2, 0.25) is 0 Å². The number of hydrogen-bond acceptors (Lipinski definition) is 3. The molecule has 3 N–H and O–H groups in total. The lowest BCUT2D eigenvalue weighted by Gasteiger charge is -2.15. The van der Waals surface area contributed by atoms with Crippen molar-refractivity contribution in [1.82, 2.24) is 5.32 Å². The first-order chi connectivity index (χ1) is 4.25. The molecule has 1 aliphatic rings. The van der Waals surface area contributed by atoms with Crippen LogP contribution in [-0.2, 0) is 4.74 Å². The van der Waals surface area contributed by atoms with Crippen molar-refractivity contribution in [1.29, 1.82) is 0 Å². The molecule has 0 saturated carbocycles. The maximum absolute atomic E-state index is 5.69. The number of methoxy groups -OCH3 is 1. The Morgan fingerprint density at radius 1 is 1.67 bits per heavy atom. The molecule has 0 aliphatic carbocycles. The van der Waals surface area contributed by atoms with Gasteiger partial charge in [-0.25, -0.2) is 0 Å². The molecule has 0 aromatic carbocycles. The molecule has 1 heterocycles. The van der Waals surface area contributed by atoms with Crippen LogP contribution in [-0.4, -0.2) is 31.8 Å². The molecule has 1 saturated heterocycles. The van der Waals surface area contributed by atoms with Gasteiger partial charge in [0.1, 0.15) is 0 Å². The lowest BCUT2D eigenvalue weighted by atomic mass is 10.1. The fourth-order valence-electron chi connectivity index (χ4n) is 1.30. The average molecular weight is 130 g/mol. The topological polar surface area (TPSA) is 47.3 Å². The fourth-order valence-corrected chi connectivity index (χ4v) is 1.30. The minimum Gasteiger partial charge on any atom is -0.378 e. The molecule has 3 nitrogen and oxygen atoms in total. The summed E-state index contributed by atoms with van der Waals surface area (Å²) in [6, 6.07) is 0.579.